The van der Waals surface area contributed by atoms with E-state index in [-0.39, 0.29) is 29.7 Å². The zero-order valence-corrected chi connectivity index (χ0v) is 12.6. The molecule has 0 spiro atoms. The number of aliphatic hydroxyl groups is 1. The zero-order valence-electron chi connectivity index (χ0n) is 11.8. The van der Waals surface area contributed by atoms with Crippen LogP contribution in [0.3, 0.4) is 0 Å². The summed E-state index contributed by atoms with van der Waals surface area (Å²) in [6, 6.07) is 9.95. The molecule has 2 N–H and O–H groups in total. The Bertz CT molecular complexity index is 381. The van der Waals surface area contributed by atoms with Crippen LogP contribution in [0.4, 0.5) is 0 Å². The van der Waals surface area contributed by atoms with Crippen molar-refractivity contribution in [1.82, 2.24) is 5.32 Å². The van der Waals surface area contributed by atoms with Gasteiger partial charge in [-0.3, -0.25) is 4.79 Å². The van der Waals surface area contributed by atoms with Gasteiger partial charge in [0.15, 0.2) is 0 Å². The standard InChI is InChI=1S/C15H23NO2S/c1-11(2)14(15(18)16-12(3)9-17)19-10-13-7-5-4-6-8-13/h4-8,11-12,14,17H,9-10H2,1-3H3,(H,16,18). The van der Waals surface area contributed by atoms with Gasteiger partial charge in [-0.2, -0.15) is 0 Å². The van der Waals surface area contributed by atoms with Gasteiger partial charge in [0, 0.05) is 11.8 Å². The molecule has 1 rings (SSSR count). The van der Waals surface area contributed by atoms with E-state index in [4.69, 9.17) is 5.11 Å². The Morgan fingerprint density at radius 2 is 1.89 bits per heavy atom. The highest BCUT2D eigenvalue weighted by molar-refractivity contribution is 7.99. The van der Waals surface area contributed by atoms with Crippen molar-refractivity contribution >= 4 is 17.7 Å². The molecule has 1 aromatic carbocycles. The molecule has 0 aliphatic carbocycles. The summed E-state index contributed by atoms with van der Waals surface area (Å²) in [4.78, 5) is 12.1. The van der Waals surface area contributed by atoms with Crippen LogP contribution in [-0.2, 0) is 10.5 Å². The van der Waals surface area contributed by atoms with Crippen LogP contribution in [0.5, 0.6) is 0 Å². The molecular weight excluding hydrogens is 258 g/mol. The summed E-state index contributed by atoms with van der Waals surface area (Å²) in [6.07, 6.45) is 0. The third-order valence-electron chi connectivity index (χ3n) is 2.80. The number of thioether (sulfide) groups is 1. The third kappa shape index (κ3) is 5.66. The van der Waals surface area contributed by atoms with Crippen molar-refractivity contribution in [1.29, 1.82) is 0 Å². The number of benzene rings is 1. The molecule has 0 aromatic heterocycles. The van der Waals surface area contributed by atoms with E-state index in [9.17, 15) is 4.79 Å². The van der Waals surface area contributed by atoms with E-state index >= 15 is 0 Å². The third-order valence-corrected chi connectivity index (χ3v) is 4.42. The summed E-state index contributed by atoms with van der Waals surface area (Å²) in [6.45, 7) is 5.87. The Morgan fingerprint density at radius 3 is 2.42 bits per heavy atom. The summed E-state index contributed by atoms with van der Waals surface area (Å²) < 4.78 is 0. The number of carbonyl (C=O) groups is 1. The Balaban J connectivity index is 2.55. The minimum atomic E-state index is -0.189. The SMILES string of the molecule is CC(CO)NC(=O)C(SCc1ccccc1)C(C)C. The molecule has 1 amide bonds. The molecule has 2 atom stereocenters. The van der Waals surface area contributed by atoms with Crippen LogP contribution in [-0.4, -0.2) is 28.9 Å². The first-order valence-electron chi connectivity index (χ1n) is 6.61. The van der Waals surface area contributed by atoms with Crippen molar-refractivity contribution in [3.8, 4) is 0 Å². The van der Waals surface area contributed by atoms with Gasteiger partial charge < -0.3 is 10.4 Å². The molecule has 3 nitrogen and oxygen atoms in total. The predicted octanol–water partition coefficient (Wildman–Crippen LogP) is 2.44. The van der Waals surface area contributed by atoms with Gasteiger partial charge in [-0.1, -0.05) is 44.2 Å². The fraction of sp³-hybridized carbons (Fsp3) is 0.533. The summed E-state index contributed by atoms with van der Waals surface area (Å²) in [5, 5.41) is 11.7. The van der Waals surface area contributed by atoms with E-state index < -0.39 is 0 Å². The van der Waals surface area contributed by atoms with Gasteiger partial charge in [-0.05, 0) is 18.4 Å². The Labute approximate surface area is 119 Å². The van der Waals surface area contributed by atoms with Crippen molar-refractivity contribution in [2.75, 3.05) is 6.61 Å². The zero-order chi connectivity index (χ0) is 14.3. The Kier molecular flexibility index (Phi) is 6.95. The average molecular weight is 281 g/mol. The lowest BCUT2D eigenvalue weighted by molar-refractivity contribution is -0.122. The van der Waals surface area contributed by atoms with Gasteiger partial charge in [0.05, 0.1) is 11.9 Å². The van der Waals surface area contributed by atoms with E-state index in [1.165, 1.54) is 5.56 Å². The van der Waals surface area contributed by atoms with E-state index in [0.29, 0.717) is 0 Å². The molecule has 4 heteroatoms. The van der Waals surface area contributed by atoms with Gasteiger partial charge >= 0.3 is 0 Å². The number of rotatable bonds is 7. The molecule has 0 aliphatic heterocycles. The number of aliphatic hydroxyl groups excluding tert-OH is 1. The molecule has 19 heavy (non-hydrogen) atoms. The van der Waals surface area contributed by atoms with Crippen LogP contribution < -0.4 is 5.32 Å². The molecule has 0 radical (unpaired) electrons. The summed E-state index contributed by atoms with van der Waals surface area (Å²) in [5.74, 6) is 1.10. The fourth-order valence-corrected chi connectivity index (χ4v) is 2.87. The van der Waals surface area contributed by atoms with Gasteiger partial charge in [-0.15, -0.1) is 11.8 Å². The second-order valence-electron chi connectivity index (χ2n) is 5.05. The first kappa shape index (κ1) is 16.1. The van der Waals surface area contributed by atoms with Crippen molar-refractivity contribution in [2.45, 2.75) is 37.8 Å². The van der Waals surface area contributed by atoms with Crippen LogP contribution in [0.15, 0.2) is 30.3 Å². The van der Waals surface area contributed by atoms with Gasteiger partial charge in [0.1, 0.15) is 0 Å². The van der Waals surface area contributed by atoms with Crippen molar-refractivity contribution in [3.05, 3.63) is 35.9 Å². The van der Waals surface area contributed by atoms with Crippen molar-refractivity contribution in [2.24, 2.45) is 5.92 Å². The summed E-state index contributed by atoms with van der Waals surface area (Å²) in [5.41, 5.74) is 1.22. The second kappa shape index (κ2) is 8.23. The monoisotopic (exact) mass is 281 g/mol. The normalized spacial score (nSPS) is 14.2. The lowest BCUT2D eigenvalue weighted by Crippen LogP contribution is -2.42. The van der Waals surface area contributed by atoms with E-state index in [0.717, 1.165) is 5.75 Å². The molecule has 0 fully saturated rings. The highest BCUT2D eigenvalue weighted by atomic mass is 32.2. The van der Waals surface area contributed by atoms with Crippen molar-refractivity contribution in [3.63, 3.8) is 0 Å². The number of amides is 1. The molecule has 106 valence electrons. The number of carbonyl (C=O) groups excluding carboxylic acids is 1. The van der Waals surface area contributed by atoms with Crippen LogP contribution in [0.1, 0.15) is 26.3 Å². The van der Waals surface area contributed by atoms with Gasteiger partial charge in [-0.25, -0.2) is 0 Å². The van der Waals surface area contributed by atoms with E-state index in [1.807, 2.05) is 32.0 Å². The van der Waals surface area contributed by atoms with Crippen LogP contribution in [0.25, 0.3) is 0 Å². The number of hydrogen-bond donors (Lipinski definition) is 2. The Hall–Kier alpha value is -1.00. The second-order valence-corrected chi connectivity index (χ2v) is 6.18. The first-order valence-corrected chi connectivity index (χ1v) is 7.66. The highest BCUT2D eigenvalue weighted by Gasteiger charge is 2.23. The molecule has 0 saturated heterocycles. The van der Waals surface area contributed by atoms with Crippen LogP contribution in [0.2, 0.25) is 0 Å². The molecule has 2 unspecified atom stereocenters. The fourth-order valence-electron chi connectivity index (χ4n) is 1.70. The maximum atomic E-state index is 12.1. The molecule has 0 heterocycles. The predicted molar refractivity (Wildman–Crippen MR) is 81.1 cm³/mol. The maximum Gasteiger partial charge on any atom is 0.233 e. The largest absolute Gasteiger partial charge is 0.394 e. The average Bonchev–Trinajstić information content (AvgIpc) is 2.39. The quantitative estimate of drug-likeness (QED) is 0.807. The molecule has 0 bridgehead atoms. The summed E-state index contributed by atoms with van der Waals surface area (Å²) in [7, 11) is 0. The minimum absolute atomic E-state index is 0.0116. The summed E-state index contributed by atoms with van der Waals surface area (Å²) >= 11 is 1.65. The smallest absolute Gasteiger partial charge is 0.233 e. The number of nitrogens with one attached hydrogen (secondary N) is 1. The minimum Gasteiger partial charge on any atom is -0.394 e. The molecular formula is C15H23NO2S. The molecule has 0 saturated carbocycles. The van der Waals surface area contributed by atoms with Gasteiger partial charge in [0.25, 0.3) is 0 Å². The Morgan fingerprint density at radius 1 is 1.26 bits per heavy atom. The first-order chi connectivity index (χ1) is 9.04. The van der Waals surface area contributed by atoms with E-state index in [2.05, 4.69) is 17.4 Å². The van der Waals surface area contributed by atoms with Crippen molar-refractivity contribution < 1.29 is 9.90 Å². The molecule has 1 aromatic rings. The maximum absolute atomic E-state index is 12.1. The lowest BCUT2D eigenvalue weighted by Gasteiger charge is -2.22. The number of hydrogen-bond acceptors (Lipinski definition) is 3. The van der Waals surface area contributed by atoms with E-state index in [1.54, 1.807) is 18.7 Å². The van der Waals surface area contributed by atoms with Crippen LogP contribution in [0, 0.1) is 5.92 Å². The lowest BCUT2D eigenvalue weighted by atomic mass is 10.1. The van der Waals surface area contributed by atoms with Gasteiger partial charge in [0.2, 0.25) is 5.91 Å². The topological polar surface area (TPSA) is 49.3 Å². The van der Waals surface area contributed by atoms with Crippen LogP contribution >= 0.6 is 11.8 Å². The highest BCUT2D eigenvalue weighted by Crippen LogP contribution is 2.24. The molecule has 0 aliphatic rings.